The lowest BCUT2D eigenvalue weighted by Crippen LogP contribution is -2.62. The number of nitrogens with zero attached hydrogens (tertiary/aromatic N) is 1. The third-order valence-corrected chi connectivity index (χ3v) is 8.18. The molecule has 6 nitrogen and oxygen atoms in total. The van der Waals surface area contributed by atoms with E-state index in [1.54, 1.807) is 0 Å². The molecule has 0 aliphatic heterocycles. The minimum atomic E-state index is -0.850. The fraction of sp³-hybridized carbons (Fsp3) is 0.342. The molecule has 4 rings (SSSR count). The van der Waals surface area contributed by atoms with E-state index in [-0.39, 0.29) is 12.7 Å². The Morgan fingerprint density at radius 1 is 0.591 bits per heavy atom. The minimum absolute atomic E-state index is 0.252. The van der Waals surface area contributed by atoms with E-state index in [1.165, 1.54) is 5.06 Å². The van der Waals surface area contributed by atoms with Gasteiger partial charge in [-0.25, -0.2) is 5.06 Å². The van der Waals surface area contributed by atoms with Crippen LogP contribution in [0.2, 0.25) is 0 Å². The van der Waals surface area contributed by atoms with E-state index in [2.05, 4.69) is 13.8 Å². The zero-order valence-corrected chi connectivity index (χ0v) is 26.1. The van der Waals surface area contributed by atoms with Crippen molar-refractivity contribution in [2.45, 2.75) is 83.9 Å². The molecule has 6 heteroatoms. The zero-order valence-electron chi connectivity index (χ0n) is 26.1. The zero-order chi connectivity index (χ0) is 31.0. The lowest BCUT2D eigenvalue weighted by molar-refractivity contribution is -0.267. The summed E-state index contributed by atoms with van der Waals surface area (Å²) >= 11 is 0. The predicted molar refractivity (Wildman–Crippen MR) is 173 cm³/mol. The van der Waals surface area contributed by atoms with Gasteiger partial charge in [0, 0.05) is 0 Å². The monoisotopic (exact) mass is 595 g/mol. The molecule has 0 saturated carbocycles. The van der Waals surface area contributed by atoms with Gasteiger partial charge in [0.1, 0.15) is 18.8 Å². The van der Waals surface area contributed by atoms with Crippen molar-refractivity contribution >= 4 is 6.41 Å². The number of carbonyl (C=O) groups is 1. The van der Waals surface area contributed by atoms with Crippen LogP contribution in [0.25, 0.3) is 0 Å². The second-order valence-electron chi connectivity index (χ2n) is 11.0. The first-order valence-corrected chi connectivity index (χ1v) is 15.5. The maximum atomic E-state index is 12.8. The van der Waals surface area contributed by atoms with Crippen molar-refractivity contribution in [3.63, 3.8) is 0 Å². The van der Waals surface area contributed by atoms with E-state index >= 15 is 0 Å². The molecule has 4 aromatic carbocycles. The van der Waals surface area contributed by atoms with Crippen LogP contribution in [-0.4, -0.2) is 35.3 Å². The van der Waals surface area contributed by atoms with Crippen LogP contribution in [-0.2, 0) is 50.3 Å². The third kappa shape index (κ3) is 9.10. The molecule has 0 unspecified atom stereocenters. The fourth-order valence-electron chi connectivity index (χ4n) is 5.52. The summed E-state index contributed by atoms with van der Waals surface area (Å²) in [5.74, 6) is 0. The van der Waals surface area contributed by atoms with Crippen molar-refractivity contribution in [1.29, 1.82) is 0 Å². The number of hydrogen-bond acceptors (Lipinski definition) is 5. The molecule has 0 radical (unpaired) electrons. The van der Waals surface area contributed by atoms with Gasteiger partial charge >= 0.3 is 0 Å². The van der Waals surface area contributed by atoms with Crippen LogP contribution in [0.15, 0.2) is 121 Å². The summed E-state index contributed by atoms with van der Waals surface area (Å²) in [6.07, 6.45) is 0.428. The highest BCUT2D eigenvalue weighted by molar-refractivity contribution is 5.47. The normalized spacial score (nSPS) is 13.6. The van der Waals surface area contributed by atoms with Crippen molar-refractivity contribution < 1.29 is 23.8 Å². The molecule has 1 amide bonds. The Hall–Kier alpha value is -3.81. The minimum Gasteiger partial charge on any atom is -0.371 e. The Morgan fingerprint density at radius 2 is 0.977 bits per heavy atom. The van der Waals surface area contributed by atoms with Crippen LogP contribution in [0.5, 0.6) is 0 Å². The Labute approximate surface area is 262 Å². The Kier molecular flexibility index (Phi) is 13.1. The standard InChI is InChI=1S/C38H45NO5/c1-4-38(5-2,39(30-40)44-29-35-24-16-9-17-25-35)37(43-28-34-22-14-8-15-23-34)36(42-27-33-20-12-7-13-21-33)31(3)41-26-32-18-10-6-11-19-32/h6-25,30-31,36-37H,4-5,26-29H2,1-3H3/t31-,36-,37-/m1/s1. The molecule has 232 valence electrons. The lowest BCUT2D eigenvalue weighted by Gasteiger charge is -2.48. The third-order valence-electron chi connectivity index (χ3n) is 8.18. The molecule has 4 aromatic rings. The molecule has 0 aliphatic rings. The highest BCUT2D eigenvalue weighted by atomic mass is 16.7. The van der Waals surface area contributed by atoms with Gasteiger partial charge in [-0.1, -0.05) is 135 Å². The average molecular weight is 596 g/mol. The maximum absolute atomic E-state index is 12.8. The van der Waals surface area contributed by atoms with Crippen molar-refractivity contribution in [3.05, 3.63) is 144 Å². The molecule has 3 atom stereocenters. The summed E-state index contributed by atoms with van der Waals surface area (Å²) in [6, 6.07) is 40.1. The highest BCUT2D eigenvalue weighted by Crippen LogP contribution is 2.36. The van der Waals surface area contributed by atoms with Crippen molar-refractivity contribution in [3.8, 4) is 0 Å². The van der Waals surface area contributed by atoms with Crippen molar-refractivity contribution in [1.82, 2.24) is 5.06 Å². The molecule has 0 aromatic heterocycles. The molecule has 0 N–H and O–H groups in total. The second kappa shape index (κ2) is 17.5. The predicted octanol–water partition coefficient (Wildman–Crippen LogP) is 7.91. The molecule has 44 heavy (non-hydrogen) atoms. The van der Waals surface area contributed by atoms with E-state index in [9.17, 15) is 4.79 Å². The summed E-state index contributed by atoms with van der Waals surface area (Å²) in [7, 11) is 0. The van der Waals surface area contributed by atoms with Crippen LogP contribution in [0, 0.1) is 0 Å². The molecule has 0 saturated heterocycles. The van der Waals surface area contributed by atoms with Crippen LogP contribution >= 0.6 is 0 Å². The van der Waals surface area contributed by atoms with Crippen LogP contribution in [0.4, 0.5) is 0 Å². The molecule has 0 fully saturated rings. The highest BCUT2D eigenvalue weighted by Gasteiger charge is 2.49. The summed E-state index contributed by atoms with van der Waals surface area (Å²) in [6.45, 7) is 7.53. The first kappa shape index (κ1) is 33.1. The topological polar surface area (TPSA) is 57.2 Å². The van der Waals surface area contributed by atoms with E-state index in [4.69, 9.17) is 19.0 Å². The van der Waals surface area contributed by atoms with Crippen molar-refractivity contribution in [2.24, 2.45) is 0 Å². The van der Waals surface area contributed by atoms with Gasteiger partial charge in [-0.15, -0.1) is 0 Å². The SMILES string of the molecule is CCC(CC)([C@H](OCc1ccccc1)[C@H](OCc1ccccc1)[C@@H](C)OCc1ccccc1)N(C=O)OCc1ccccc1. The first-order valence-electron chi connectivity index (χ1n) is 15.5. The Morgan fingerprint density at radius 3 is 1.39 bits per heavy atom. The molecule has 0 spiro atoms. The van der Waals surface area contributed by atoms with Crippen LogP contribution in [0.1, 0.15) is 55.9 Å². The van der Waals surface area contributed by atoms with Crippen molar-refractivity contribution in [2.75, 3.05) is 0 Å². The average Bonchev–Trinajstić information content (AvgIpc) is 3.09. The molecule has 0 heterocycles. The van der Waals surface area contributed by atoms with E-state index < -0.39 is 17.7 Å². The molecular weight excluding hydrogens is 550 g/mol. The summed E-state index contributed by atoms with van der Waals surface area (Å²) in [4.78, 5) is 19.1. The lowest BCUT2D eigenvalue weighted by atomic mass is 9.81. The second-order valence-corrected chi connectivity index (χ2v) is 11.0. The summed E-state index contributed by atoms with van der Waals surface area (Å²) < 4.78 is 20.1. The largest absolute Gasteiger partial charge is 0.371 e. The summed E-state index contributed by atoms with van der Waals surface area (Å²) in [5.41, 5.74) is 3.26. The molecular formula is C38H45NO5. The number of carbonyl (C=O) groups excluding carboxylic acids is 1. The summed E-state index contributed by atoms with van der Waals surface area (Å²) in [5, 5.41) is 1.46. The Bertz CT molecular complexity index is 1330. The van der Waals surface area contributed by atoms with E-state index in [0.29, 0.717) is 32.7 Å². The van der Waals surface area contributed by atoms with Crippen LogP contribution in [0.3, 0.4) is 0 Å². The fourth-order valence-corrected chi connectivity index (χ4v) is 5.52. The number of hydrogen-bond donors (Lipinski definition) is 0. The van der Waals surface area contributed by atoms with E-state index in [0.717, 1.165) is 28.7 Å². The number of ether oxygens (including phenoxy) is 3. The van der Waals surface area contributed by atoms with Gasteiger partial charge in [0.05, 0.1) is 31.5 Å². The number of amides is 1. The van der Waals surface area contributed by atoms with Gasteiger partial charge in [-0.2, -0.15) is 0 Å². The first-order chi connectivity index (χ1) is 21.6. The quantitative estimate of drug-likeness (QED) is 0.0815. The van der Waals surface area contributed by atoms with Gasteiger partial charge in [0.2, 0.25) is 6.41 Å². The number of rotatable bonds is 19. The van der Waals surface area contributed by atoms with Gasteiger partial charge in [0.15, 0.2) is 0 Å². The van der Waals surface area contributed by atoms with Crippen LogP contribution < -0.4 is 0 Å². The van der Waals surface area contributed by atoms with E-state index in [1.807, 2.05) is 128 Å². The molecule has 0 bridgehead atoms. The Balaban J connectivity index is 1.69. The molecule has 0 aliphatic carbocycles. The van der Waals surface area contributed by atoms with Gasteiger partial charge in [0.25, 0.3) is 0 Å². The van der Waals surface area contributed by atoms with Gasteiger partial charge < -0.3 is 14.2 Å². The van der Waals surface area contributed by atoms with Gasteiger partial charge in [-0.05, 0) is 42.0 Å². The maximum Gasteiger partial charge on any atom is 0.233 e. The number of benzene rings is 4. The smallest absolute Gasteiger partial charge is 0.233 e. The van der Waals surface area contributed by atoms with Gasteiger partial charge in [-0.3, -0.25) is 9.63 Å². The number of hydroxylamine groups is 2.